The lowest BCUT2D eigenvalue weighted by molar-refractivity contribution is 0.583. The number of rotatable bonds is 9. The lowest BCUT2D eigenvalue weighted by Gasteiger charge is -2.04. The maximum atomic E-state index is 9.91. The highest BCUT2D eigenvalue weighted by atomic mass is 31.1. The predicted molar refractivity (Wildman–Crippen MR) is 50.4 cm³/mol. The van der Waals surface area contributed by atoms with Gasteiger partial charge >= 0.3 is 0 Å². The van der Waals surface area contributed by atoms with E-state index in [1.54, 1.807) is 0 Å². The van der Waals surface area contributed by atoms with Gasteiger partial charge in [0, 0.05) is 39.3 Å². The molecule has 6 heteroatoms. The topological polar surface area (TPSA) is 79.2 Å². The van der Waals surface area contributed by atoms with Crippen LogP contribution in [0.3, 0.4) is 0 Å². The Bertz CT molecular complexity index is 104. The Kier molecular flexibility index (Phi) is 10.9. The Balaban J connectivity index is 2.77. The fourth-order valence-corrected chi connectivity index (χ4v) is 0.922. The van der Waals surface area contributed by atoms with Crippen LogP contribution in [0.5, 0.6) is 0 Å². The minimum absolute atomic E-state index is 0.000394. The van der Waals surface area contributed by atoms with Crippen LogP contribution < -0.4 is 21.5 Å². The van der Waals surface area contributed by atoms with Crippen LogP contribution in [0.15, 0.2) is 0 Å². The van der Waals surface area contributed by atoms with Gasteiger partial charge < -0.3 is 16.4 Å². The molecule has 0 unspecified atom stereocenters. The highest BCUT2D eigenvalue weighted by Gasteiger charge is 1.86. The van der Waals surface area contributed by atoms with E-state index in [2.05, 4.69) is 15.7 Å². The number of nitrogens with one attached hydrogen (secondary N) is 3. The van der Waals surface area contributed by atoms with Crippen molar-refractivity contribution in [2.75, 3.05) is 39.3 Å². The maximum Gasteiger partial charge on any atom is 0.246 e. The van der Waals surface area contributed by atoms with E-state index < -0.39 is 0 Å². The average Bonchev–Trinajstić information content (AvgIpc) is 2.10. The second-order valence-electron chi connectivity index (χ2n) is 2.29. The number of hydrogen-bond donors (Lipinski definition) is 4. The quantitative estimate of drug-likeness (QED) is 0.276. The van der Waals surface area contributed by atoms with Gasteiger partial charge in [0.2, 0.25) is 8.61 Å². The SMILES string of the molecule is NCCNCCNCCNP=O. The zero-order valence-corrected chi connectivity index (χ0v) is 8.07. The van der Waals surface area contributed by atoms with E-state index in [1.807, 2.05) is 0 Å². The van der Waals surface area contributed by atoms with Crippen LogP contribution in [0.4, 0.5) is 0 Å². The van der Waals surface area contributed by atoms with Gasteiger partial charge in [-0.05, 0) is 0 Å². The molecule has 0 saturated carbocycles. The van der Waals surface area contributed by atoms with Crippen molar-refractivity contribution in [2.45, 2.75) is 0 Å². The minimum atomic E-state index is -0.000394. The molecule has 0 fully saturated rings. The Labute approximate surface area is 74.7 Å². The summed E-state index contributed by atoms with van der Waals surface area (Å²) in [5, 5.41) is 8.99. The fraction of sp³-hybridized carbons (Fsp3) is 1.00. The molecule has 0 aliphatic carbocycles. The molecule has 0 spiro atoms. The summed E-state index contributed by atoms with van der Waals surface area (Å²) < 4.78 is 9.91. The Hall–Kier alpha value is -0.0600. The zero-order valence-electron chi connectivity index (χ0n) is 7.18. The summed E-state index contributed by atoms with van der Waals surface area (Å²) in [5.74, 6) is 0. The molecule has 0 atom stereocenters. The second-order valence-corrected chi connectivity index (χ2v) is 2.79. The van der Waals surface area contributed by atoms with Crippen molar-refractivity contribution in [3.05, 3.63) is 0 Å². The van der Waals surface area contributed by atoms with E-state index in [0.29, 0.717) is 6.54 Å². The third-order valence-corrected chi connectivity index (χ3v) is 1.63. The van der Waals surface area contributed by atoms with Gasteiger partial charge in [-0.25, -0.2) is 5.09 Å². The molecule has 0 aliphatic rings. The van der Waals surface area contributed by atoms with E-state index in [-0.39, 0.29) is 8.61 Å². The molecule has 0 amide bonds. The van der Waals surface area contributed by atoms with Gasteiger partial charge in [0.05, 0.1) is 0 Å². The largest absolute Gasteiger partial charge is 0.329 e. The van der Waals surface area contributed by atoms with Crippen molar-refractivity contribution < 1.29 is 4.57 Å². The van der Waals surface area contributed by atoms with Crippen LogP contribution in [-0.2, 0) is 4.57 Å². The summed E-state index contributed by atoms with van der Waals surface area (Å²) in [6.07, 6.45) is 0. The van der Waals surface area contributed by atoms with Gasteiger partial charge in [-0.3, -0.25) is 4.57 Å². The van der Waals surface area contributed by atoms with Crippen LogP contribution >= 0.6 is 8.61 Å². The minimum Gasteiger partial charge on any atom is -0.329 e. The Morgan fingerprint density at radius 2 is 1.58 bits per heavy atom. The van der Waals surface area contributed by atoms with E-state index in [0.717, 1.165) is 32.7 Å². The molecular formula is C6H17N4OP. The normalized spacial score (nSPS) is 10.8. The van der Waals surface area contributed by atoms with Gasteiger partial charge in [0.25, 0.3) is 0 Å². The monoisotopic (exact) mass is 192 g/mol. The van der Waals surface area contributed by atoms with Gasteiger partial charge in [-0.15, -0.1) is 0 Å². The first-order valence-electron chi connectivity index (χ1n) is 4.08. The summed E-state index contributed by atoms with van der Waals surface area (Å²) in [7, 11) is -0.000394. The van der Waals surface area contributed by atoms with Crippen LogP contribution in [0.2, 0.25) is 0 Å². The second kappa shape index (κ2) is 10.9. The summed E-state index contributed by atoms with van der Waals surface area (Å²) in [6.45, 7) is 4.93. The van der Waals surface area contributed by atoms with Crippen molar-refractivity contribution in [1.82, 2.24) is 15.7 Å². The summed E-state index contributed by atoms with van der Waals surface area (Å²) >= 11 is 0. The van der Waals surface area contributed by atoms with Crippen molar-refractivity contribution in [1.29, 1.82) is 0 Å². The van der Waals surface area contributed by atoms with Crippen LogP contribution in [0.1, 0.15) is 0 Å². The van der Waals surface area contributed by atoms with Gasteiger partial charge in [0.1, 0.15) is 0 Å². The molecule has 0 aliphatic heterocycles. The Morgan fingerprint density at radius 1 is 1.00 bits per heavy atom. The van der Waals surface area contributed by atoms with E-state index in [4.69, 9.17) is 5.73 Å². The summed E-state index contributed by atoms with van der Waals surface area (Å²) in [4.78, 5) is 0. The van der Waals surface area contributed by atoms with E-state index >= 15 is 0 Å². The summed E-state index contributed by atoms with van der Waals surface area (Å²) in [5.41, 5.74) is 5.28. The zero-order chi connectivity index (χ0) is 9.07. The lowest BCUT2D eigenvalue weighted by atomic mass is 10.5. The molecular weight excluding hydrogens is 175 g/mol. The highest BCUT2D eigenvalue weighted by Crippen LogP contribution is 1.75. The van der Waals surface area contributed by atoms with Gasteiger partial charge in [-0.2, -0.15) is 0 Å². The first-order valence-corrected chi connectivity index (χ1v) is 4.89. The van der Waals surface area contributed by atoms with E-state index in [9.17, 15) is 4.57 Å². The highest BCUT2D eigenvalue weighted by molar-refractivity contribution is 7.21. The third kappa shape index (κ3) is 9.94. The average molecular weight is 192 g/mol. The van der Waals surface area contributed by atoms with Gasteiger partial charge in [-0.1, -0.05) is 0 Å². The third-order valence-electron chi connectivity index (χ3n) is 1.28. The molecule has 72 valence electrons. The van der Waals surface area contributed by atoms with E-state index in [1.165, 1.54) is 0 Å². The molecule has 0 saturated heterocycles. The maximum absolute atomic E-state index is 9.91. The molecule has 12 heavy (non-hydrogen) atoms. The first-order chi connectivity index (χ1) is 5.91. The van der Waals surface area contributed by atoms with Gasteiger partial charge in [0.15, 0.2) is 0 Å². The summed E-state index contributed by atoms with van der Waals surface area (Å²) in [6, 6.07) is 0. The number of hydrogen-bond acceptors (Lipinski definition) is 4. The Morgan fingerprint density at radius 3 is 2.17 bits per heavy atom. The van der Waals surface area contributed by atoms with Crippen molar-refractivity contribution in [3.8, 4) is 0 Å². The molecule has 0 bridgehead atoms. The standard InChI is InChI=1S/C6H17N4OP/c7-1-2-8-3-4-9-5-6-10-12-11/h8-9H,1-7H2,(H,10,11). The van der Waals surface area contributed by atoms with Crippen LogP contribution in [0.25, 0.3) is 0 Å². The fourth-order valence-electron chi connectivity index (χ4n) is 0.719. The molecule has 0 aromatic heterocycles. The molecule has 0 rings (SSSR count). The number of nitrogens with two attached hydrogens (primary N) is 1. The van der Waals surface area contributed by atoms with Crippen LogP contribution in [0, 0.1) is 0 Å². The van der Waals surface area contributed by atoms with Crippen molar-refractivity contribution in [3.63, 3.8) is 0 Å². The molecule has 0 aromatic rings. The molecule has 0 heterocycles. The van der Waals surface area contributed by atoms with Crippen molar-refractivity contribution >= 4 is 8.61 Å². The molecule has 5 N–H and O–H groups in total. The molecule has 0 radical (unpaired) electrons. The predicted octanol–water partition coefficient (Wildman–Crippen LogP) is -1.08. The first kappa shape index (κ1) is 11.9. The molecule has 5 nitrogen and oxygen atoms in total. The van der Waals surface area contributed by atoms with Crippen molar-refractivity contribution in [2.24, 2.45) is 5.73 Å². The smallest absolute Gasteiger partial charge is 0.246 e. The lowest BCUT2D eigenvalue weighted by Crippen LogP contribution is -2.32. The van der Waals surface area contributed by atoms with Crippen LogP contribution in [-0.4, -0.2) is 39.3 Å². The molecule has 0 aromatic carbocycles.